The van der Waals surface area contributed by atoms with Gasteiger partial charge in [-0.2, -0.15) is 0 Å². The lowest BCUT2D eigenvalue weighted by Crippen LogP contribution is -2.12. The van der Waals surface area contributed by atoms with Crippen molar-refractivity contribution in [3.8, 4) is 0 Å². The highest BCUT2D eigenvalue weighted by molar-refractivity contribution is 14.1. The van der Waals surface area contributed by atoms with Crippen molar-refractivity contribution in [1.29, 1.82) is 0 Å². The smallest absolute Gasteiger partial charge is 0.238 e. The number of halogens is 2. The molecule has 0 bridgehead atoms. The van der Waals surface area contributed by atoms with Gasteiger partial charge in [0.05, 0.1) is 22.0 Å². The SMILES string of the molecule is Nc1cc(S(N)(=O)=O)ccc1Nc1ccc(Cl)cc1I. The van der Waals surface area contributed by atoms with Gasteiger partial charge in [0.15, 0.2) is 0 Å². The Balaban J connectivity index is 2.35. The van der Waals surface area contributed by atoms with E-state index in [0.717, 1.165) is 9.26 Å². The topological polar surface area (TPSA) is 98.2 Å². The molecule has 2 aromatic rings. The zero-order valence-electron chi connectivity index (χ0n) is 10.1. The van der Waals surface area contributed by atoms with Gasteiger partial charge in [0.1, 0.15) is 0 Å². The molecule has 20 heavy (non-hydrogen) atoms. The number of anilines is 3. The summed E-state index contributed by atoms with van der Waals surface area (Å²) in [6.45, 7) is 0. The van der Waals surface area contributed by atoms with E-state index in [2.05, 4.69) is 27.9 Å². The number of nitrogen functional groups attached to an aromatic ring is 1. The van der Waals surface area contributed by atoms with Gasteiger partial charge in [-0.1, -0.05) is 11.6 Å². The molecular weight excluding hydrogens is 413 g/mol. The molecule has 106 valence electrons. The number of hydrogen-bond donors (Lipinski definition) is 3. The number of nitrogens with two attached hydrogens (primary N) is 2. The van der Waals surface area contributed by atoms with Crippen molar-refractivity contribution in [2.24, 2.45) is 5.14 Å². The van der Waals surface area contributed by atoms with Gasteiger partial charge < -0.3 is 11.1 Å². The van der Waals surface area contributed by atoms with Crippen LogP contribution in [0.1, 0.15) is 0 Å². The summed E-state index contributed by atoms with van der Waals surface area (Å²) < 4.78 is 23.4. The van der Waals surface area contributed by atoms with E-state index in [4.69, 9.17) is 22.5 Å². The predicted molar refractivity (Wildman–Crippen MR) is 89.7 cm³/mol. The number of rotatable bonds is 3. The maximum Gasteiger partial charge on any atom is 0.238 e. The Morgan fingerprint density at radius 2 is 1.75 bits per heavy atom. The first-order chi connectivity index (χ1) is 9.27. The minimum atomic E-state index is -3.76. The van der Waals surface area contributed by atoms with Crippen LogP contribution in [-0.4, -0.2) is 8.42 Å². The van der Waals surface area contributed by atoms with Crippen molar-refractivity contribution < 1.29 is 8.42 Å². The lowest BCUT2D eigenvalue weighted by Gasteiger charge is -2.12. The van der Waals surface area contributed by atoms with Crippen LogP contribution in [0.25, 0.3) is 0 Å². The van der Waals surface area contributed by atoms with Gasteiger partial charge in [-0.15, -0.1) is 0 Å². The zero-order valence-corrected chi connectivity index (χ0v) is 13.8. The second-order valence-corrected chi connectivity index (χ2v) is 7.20. The molecule has 0 heterocycles. The standard InChI is InChI=1S/C12H11ClIN3O2S/c13-7-1-3-11(9(14)5-7)17-12-4-2-8(6-10(12)15)20(16,18)19/h1-6,17H,15H2,(H2,16,18,19). The molecule has 5 nitrogen and oxygen atoms in total. The van der Waals surface area contributed by atoms with Crippen LogP contribution < -0.4 is 16.2 Å². The molecule has 0 aliphatic rings. The van der Waals surface area contributed by atoms with Crippen LogP contribution >= 0.6 is 34.2 Å². The first-order valence-corrected chi connectivity index (χ1v) is 8.42. The molecule has 5 N–H and O–H groups in total. The minimum Gasteiger partial charge on any atom is -0.397 e. The quantitative estimate of drug-likeness (QED) is 0.522. The monoisotopic (exact) mass is 423 g/mol. The summed E-state index contributed by atoms with van der Waals surface area (Å²) in [5.41, 5.74) is 7.55. The highest BCUT2D eigenvalue weighted by Crippen LogP contribution is 2.29. The molecule has 0 spiro atoms. The lowest BCUT2D eigenvalue weighted by molar-refractivity contribution is 0.598. The van der Waals surface area contributed by atoms with E-state index in [1.807, 2.05) is 6.07 Å². The molecule has 0 aromatic heterocycles. The van der Waals surface area contributed by atoms with E-state index < -0.39 is 10.0 Å². The molecule has 0 atom stereocenters. The molecule has 0 saturated carbocycles. The van der Waals surface area contributed by atoms with Gasteiger partial charge >= 0.3 is 0 Å². The summed E-state index contributed by atoms with van der Waals surface area (Å²) in [7, 11) is -3.76. The molecule has 2 aromatic carbocycles. The molecule has 0 amide bonds. The summed E-state index contributed by atoms with van der Waals surface area (Å²) in [5.74, 6) is 0. The first kappa shape index (κ1) is 15.4. The number of nitrogens with one attached hydrogen (secondary N) is 1. The molecule has 0 saturated heterocycles. The van der Waals surface area contributed by atoms with Gasteiger partial charge in [0.2, 0.25) is 10.0 Å². The highest BCUT2D eigenvalue weighted by atomic mass is 127. The third-order valence-electron chi connectivity index (χ3n) is 2.55. The second-order valence-electron chi connectivity index (χ2n) is 4.04. The summed E-state index contributed by atoms with van der Waals surface area (Å²) in [6, 6.07) is 9.66. The fourth-order valence-corrected chi connectivity index (χ4v) is 3.12. The molecule has 0 fully saturated rings. The van der Waals surface area contributed by atoms with Gasteiger partial charge in [0.25, 0.3) is 0 Å². The van der Waals surface area contributed by atoms with Crippen molar-refractivity contribution >= 4 is 61.3 Å². The van der Waals surface area contributed by atoms with Crippen LogP contribution in [0.3, 0.4) is 0 Å². The third-order valence-corrected chi connectivity index (χ3v) is 4.59. The van der Waals surface area contributed by atoms with Gasteiger partial charge in [-0.3, -0.25) is 0 Å². The number of sulfonamides is 1. The Hall–Kier alpha value is -1.03. The molecule has 2 rings (SSSR count). The molecule has 0 aliphatic carbocycles. The van der Waals surface area contributed by atoms with Crippen LogP contribution in [0, 0.1) is 3.57 Å². The third kappa shape index (κ3) is 3.54. The van der Waals surface area contributed by atoms with Crippen molar-refractivity contribution in [2.75, 3.05) is 11.1 Å². The molecule has 0 radical (unpaired) electrons. The molecular formula is C12H11ClIN3O2S. The fourth-order valence-electron chi connectivity index (χ4n) is 1.57. The van der Waals surface area contributed by atoms with Gasteiger partial charge in [0, 0.05) is 8.59 Å². The van der Waals surface area contributed by atoms with Crippen molar-refractivity contribution in [2.45, 2.75) is 4.90 Å². The van der Waals surface area contributed by atoms with Crippen LogP contribution in [0.15, 0.2) is 41.3 Å². The van der Waals surface area contributed by atoms with Crippen molar-refractivity contribution in [3.05, 3.63) is 45.0 Å². The Morgan fingerprint density at radius 1 is 1.10 bits per heavy atom. The first-order valence-electron chi connectivity index (χ1n) is 5.42. The van der Waals surface area contributed by atoms with Crippen LogP contribution in [-0.2, 0) is 10.0 Å². The Kier molecular flexibility index (Phi) is 4.43. The molecule has 8 heteroatoms. The van der Waals surface area contributed by atoms with Crippen molar-refractivity contribution in [1.82, 2.24) is 0 Å². The maximum absolute atomic E-state index is 11.2. The van der Waals surface area contributed by atoms with Crippen LogP contribution in [0.5, 0.6) is 0 Å². The van der Waals surface area contributed by atoms with E-state index >= 15 is 0 Å². The minimum absolute atomic E-state index is 0.0219. The average molecular weight is 424 g/mol. The Morgan fingerprint density at radius 3 is 2.30 bits per heavy atom. The fraction of sp³-hybridized carbons (Fsp3) is 0. The van der Waals surface area contributed by atoms with E-state index in [1.165, 1.54) is 12.1 Å². The van der Waals surface area contributed by atoms with Gasteiger partial charge in [-0.05, 0) is 59.0 Å². The van der Waals surface area contributed by atoms with Gasteiger partial charge in [-0.25, -0.2) is 13.6 Å². The Labute approximate surface area is 135 Å². The van der Waals surface area contributed by atoms with E-state index in [0.29, 0.717) is 16.4 Å². The number of primary sulfonamides is 1. The molecule has 0 unspecified atom stereocenters. The van der Waals surface area contributed by atoms with E-state index in [-0.39, 0.29) is 4.90 Å². The summed E-state index contributed by atoms with van der Waals surface area (Å²) >= 11 is 8.02. The van der Waals surface area contributed by atoms with Crippen LogP contribution in [0.2, 0.25) is 5.02 Å². The largest absolute Gasteiger partial charge is 0.397 e. The Bertz CT molecular complexity index is 765. The normalized spacial score (nSPS) is 11.3. The summed E-state index contributed by atoms with van der Waals surface area (Å²) in [6.07, 6.45) is 0. The maximum atomic E-state index is 11.2. The number of hydrogen-bond acceptors (Lipinski definition) is 4. The number of benzene rings is 2. The molecule has 0 aliphatic heterocycles. The lowest BCUT2D eigenvalue weighted by atomic mass is 10.2. The van der Waals surface area contributed by atoms with E-state index in [9.17, 15) is 8.42 Å². The summed E-state index contributed by atoms with van der Waals surface area (Å²) in [4.78, 5) is -0.0219. The van der Waals surface area contributed by atoms with Crippen molar-refractivity contribution in [3.63, 3.8) is 0 Å². The second kappa shape index (κ2) is 5.76. The highest BCUT2D eigenvalue weighted by Gasteiger charge is 2.10. The average Bonchev–Trinajstić information content (AvgIpc) is 2.33. The summed E-state index contributed by atoms with van der Waals surface area (Å²) in [5, 5.41) is 8.81. The predicted octanol–water partition coefficient (Wildman–Crippen LogP) is 2.92. The zero-order chi connectivity index (χ0) is 14.9. The van der Waals surface area contributed by atoms with E-state index in [1.54, 1.807) is 18.2 Å². The van der Waals surface area contributed by atoms with Crippen LogP contribution in [0.4, 0.5) is 17.1 Å².